The highest BCUT2D eigenvalue weighted by Crippen LogP contribution is 2.39. The van der Waals surface area contributed by atoms with E-state index < -0.39 is 11.6 Å². The van der Waals surface area contributed by atoms with Crippen LogP contribution in [0, 0.1) is 20.8 Å². The lowest BCUT2D eigenvalue weighted by Gasteiger charge is -2.21. The monoisotopic (exact) mass is 486 g/mol. The Kier molecular flexibility index (Phi) is 7.44. The molecule has 0 radical (unpaired) electrons. The van der Waals surface area contributed by atoms with Crippen LogP contribution in [-0.2, 0) is 9.53 Å². The van der Waals surface area contributed by atoms with Crippen molar-refractivity contribution >= 4 is 34.6 Å². The van der Waals surface area contributed by atoms with Gasteiger partial charge in [-0.05, 0) is 59.2 Å². The number of benzene rings is 1. The van der Waals surface area contributed by atoms with E-state index in [9.17, 15) is 4.79 Å². The first kappa shape index (κ1) is 25.1. The van der Waals surface area contributed by atoms with Crippen molar-refractivity contribution in [2.24, 2.45) is 4.99 Å². The molecule has 3 heterocycles. The van der Waals surface area contributed by atoms with Crippen molar-refractivity contribution in [2.75, 3.05) is 0 Å². The number of halogens is 1. The third-order valence-electron chi connectivity index (χ3n) is 5.14. The molecule has 0 bridgehead atoms. The van der Waals surface area contributed by atoms with Gasteiger partial charge in [-0.3, -0.25) is 14.4 Å². The average Bonchev–Trinajstić information content (AvgIpc) is 3.21. The van der Waals surface area contributed by atoms with E-state index in [1.54, 1.807) is 11.3 Å². The van der Waals surface area contributed by atoms with E-state index in [2.05, 4.69) is 24.0 Å². The van der Waals surface area contributed by atoms with Gasteiger partial charge in [-0.2, -0.15) is 0 Å². The maximum atomic E-state index is 12.7. The second kappa shape index (κ2) is 9.77. The minimum absolute atomic E-state index is 0.0828. The van der Waals surface area contributed by atoms with Gasteiger partial charge in [0.05, 0.1) is 12.1 Å². The molecule has 4 rings (SSSR count). The van der Waals surface area contributed by atoms with Crippen molar-refractivity contribution in [3.8, 4) is 5.00 Å². The van der Waals surface area contributed by atoms with Crippen LogP contribution >= 0.6 is 22.9 Å². The van der Waals surface area contributed by atoms with Crippen molar-refractivity contribution in [2.45, 2.75) is 73.5 Å². The SMILES string of the molecule is CC.Cc1sc2c(c1C)C(c1ccc(Cl)cc1)=NC(CC(=O)OC(C)(C)C)c1nnc(C)n1-2. The second-order valence-electron chi connectivity index (χ2n) is 8.70. The van der Waals surface area contributed by atoms with Crippen LogP contribution in [0.1, 0.15) is 80.3 Å². The summed E-state index contributed by atoms with van der Waals surface area (Å²) in [6.07, 6.45) is 0.0828. The number of rotatable bonds is 3. The maximum absolute atomic E-state index is 12.7. The molecule has 3 aromatic rings. The summed E-state index contributed by atoms with van der Waals surface area (Å²) in [5.74, 6) is 1.09. The summed E-state index contributed by atoms with van der Waals surface area (Å²) in [6, 6.07) is 7.11. The van der Waals surface area contributed by atoms with Gasteiger partial charge >= 0.3 is 5.97 Å². The molecule has 0 spiro atoms. The number of carbonyl (C=O) groups excluding carboxylic acids is 1. The Morgan fingerprint density at radius 3 is 2.36 bits per heavy atom. The number of hydrogen-bond acceptors (Lipinski definition) is 6. The van der Waals surface area contributed by atoms with Gasteiger partial charge in [0, 0.05) is 21.0 Å². The van der Waals surface area contributed by atoms with Crippen LogP contribution in [0.25, 0.3) is 5.00 Å². The Hall–Kier alpha value is -2.51. The lowest BCUT2D eigenvalue weighted by Crippen LogP contribution is -2.25. The van der Waals surface area contributed by atoms with Gasteiger partial charge in [0.15, 0.2) is 5.82 Å². The van der Waals surface area contributed by atoms with Crippen LogP contribution in [0.2, 0.25) is 5.02 Å². The van der Waals surface area contributed by atoms with E-state index in [0.717, 1.165) is 33.2 Å². The molecule has 0 fully saturated rings. The summed E-state index contributed by atoms with van der Waals surface area (Å²) in [5.41, 5.74) is 3.40. The Labute approximate surface area is 204 Å². The molecular formula is C25H31ClN4O2S. The van der Waals surface area contributed by atoms with E-state index in [1.165, 1.54) is 4.88 Å². The topological polar surface area (TPSA) is 69.4 Å². The summed E-state index contributed by atoms with van der Waals surface area (Å²) in [7, 11) is 0. The summed E-state index contributed by atoms with van der Waals surface area (Å²) < 4.78 is 7.61. The van der Waals surface area contributed by atoms with Gasteiger partial charge in [-0.1, -0.05) is 37.6 Å². The first-order valence-electron chi connectivity index (χ1n) is 11.1. The molecule has 1 aromatic carbocycles. The number of carbonyl (C=O) groups is 1. The number of aromatic nitrogens is 3. The molecule has 33 heavy (non-hydrogen) atoms. The number of fused-ring (bicyclic) bond motifs is 3. The summed E-state index contributed by atoms with van der Waals surface area (Å²) in [6.45, 7) is 15.7. The number of ether oxygens (including phenoxy) is 1. The van der Waals surface area contributed by atoms with E-state index in [4.69, 9.17) is 21.3 Å². The number of aryl methyl sites for hydroxylation is 2. The molecular weight excluding hydrogens is 456 g/mol. The number of thiophene rings is 1. The van der Waals surface area contributed by atoms with Crippen LogP contribution < -0.4 is 0 Å². The summed E-state index contributed by atoms with van der Waals surface area (Å²) in [5, 5.41) is 10.4. The van der Waals surface area contributed by atoms with Crippen molar-refractivity contribution in [1.82, 2.24) is 14.8 Å². The molecule has 176 valence electrons. The minimum atomic E-state index is -0.569. The molecule has 1 aliphatic rings. The largest absolute Gasteiger partial charge is 0.460 e. The zero-order chi connectivity index (χ0) is 24.5. The maximum Gasteiger partial charge on any atom is 0.308 e. The molecule has 1 aliphatic heterocycles. The van der Waals surface area contributed by atoms with E-state index in [1.807, 2.05) is 70.4 Å². The molecule has 0 aliphatic carbocycles. The smallest absolute Gasteiger partial charge is 0.308 e. The molecule has 0 saturated carbocycles. The Morgan fingerprint density at radius 1 is 1.12 bits per heavy atom. The van der Waals surface area contributed by atoms with Gasteiger partial charge < -0.3 is 4.74 Å². The zero-order valence-corrected chi connectivity index (χ0v) is 22.1. The van der Waals surface area contributed by atoms with Crippen LogP contribution in [-0.4, -0.2) is 32.0 Å². The summed E-state index contributed by atoms with van der Waals surface area (Å²) >= 11 is 7.82. The van der Waals surface area contributed by atoms with Crippen molar-refractivity contribution in [3.05, 3.63) is 62.5 Å². The second-order valence-corrected chi connectivity index (χ2v) is 10.3. The number of aliphatic imine (C=N–C) groups is 1. The van der Waals surface area contributed by atoms with Gasteiger partial charge in [0.1, 0.15) is 22.5 Å². The lowest BCUT2D eigenvalue weighted by atomic mass is 9.99. The normalized spacial score (nSPS) is 14.9. The van der Waals surface area contributed by atoms with Gasteiger partial charge in [0.25, 0.3) is 0 Å². The quantitative estimate of drug-likeness (QED) is 0.393. The molecule has 2 aromatic heterocycles. The van der Waals surface area contributed by atoms with E-state index in [0.29, 0.717) is 10.8 Å². The van der Waals surface area contributed by atoms with Crippen LogP contribution in [0.4, 0.5) is 0 Å². The van der Waals surface area contributed by atoms with Crippen LogP contribution in [0.15, 0.2) is 29.3 Å². The Bertz CT molecular complexity index is 1190. The van der Waals surface area contributed by atoms with Crippen molar-refractivity contribution in [1.29, 1.82) is 0 Å². The van der Waals surface area contributed by atoms with E-state index >= 15 is 0 Å². The predicted octanol–water partition coefficient (Wildman–Crippen LogP) is 6.56. The number of nitrogens with zero attached hydrogens (tertiary/aromatic N) is 4. The first-order valence-corrected chi connectivity index (χ1v) is 12.3. The molecule has 1 unspecified atom stereocenters. The van der Waals surface area contributed by atoms with E-state index in [-0.39, 0.29) is 12.4 Å². The molecule has 0 amide bonds. The van der Waals surface area contributed by atoms with Gasteiger partial charge in [0.2, 0.25) is 0 Å². The highest BCUT2D eigenvalue weighted by Gasteiger charge is 2.33. The zero-order valence-electron chi connectivity index (χ0n) is 20.5. The third kappa shape index (κ3) is 5.20. The molecule has 0 saturated heterocycles. The standard InChI is InChI=1S/C23H25ClN4O2S.C2H6/c1-12-13(2)31-22-19(12)20(15-7-9-16(24)10-8-15)25-17(11-18(29)30-23(4,5)6)21-27-26-14(3)28(21)22;1-2/h7-10,17H,11H2,1-6H3;1-2H3. The number of esters is 1. The molecule has 1 atom stereocenters. The Balaban J connectivity index is 0.00000149. The van der Waals surface area contributed by atoms with Crippen molar-refractivity contribution < 1.29 is 9.53 Å². The Morgan fingerprint density at radius 2 is 1.76 bits per heavy atom. The first-order chi connectivity index (χ1) is 15.5. The highest BCUT2D eigenvalue weighted by molar-refractivity contribution is 7.15. The summed E-state index contributed by atoms with van der Waals surface area (Å²) in [4.78, 5) is 19.0. The van der Waals surface area contributed by atoms with Crippen LogP contribution in [0.5, 0.6) is 0 Å². The fraction of sp³-hybridized carbons (Fsp3) is 0.440. The fourth-order valence-electron chi connectivity index (χ4n) is 3.67. The average molecular weight is 487 g/mol. The van der Waals surface area contributed by atoms with Gasteiger partial charge in [-0.15, -0.1) is 21.5 Å². The molecule has 6 nitrogen and oxygen atoms in total. The predicted molar refractivity (Wildman–Crippen MR) is 135 cm³/mol. The molecule has 8 heteroatoms. The molecule has 0 N–H and O–H groups in total. The van der Waals surface area contributed by atoms with Crippen molar-refractivity contribution in [3.63, 3.8) is 0 Å². The van der Waals surface area contributed by atoms with Gasteiger partial charge in [-0.25, -0.2) is 0 Å². The third-order valence-corrected chi connectivity index (χ3v) is 6.58. The highest BCUT2D eigenvalue weighted by atomic mass is 35.5. The van der Waals surface area contributed by atoms with Crippen LogP contribution in [0.3, 0.4) is 0 Å². The minimum Gasteiger partial charge on any atom is -0.460 e. The lowest BCUT2D eigenvalue weighted by molar-refractivity contribution is -0.155. The fourth-order valence-corrected chi connectivity index (χ4v) is 5.01. The number of hydrogen-bond donors (Lipinski definition) is 0.